The number of hydrogen-bond donors (Lipinski definition) is 1. The van der Waals surface area contributed by atoms with Crippen molar-refractivity contribution in [3.8, 4) is 5.75 Å². The van der Waals surface area contributed by atoms with Crippen molar-refractivity contribution in [2.75, 3.05) is 0 Å². The first-order valence-electron chi connectivity index (χ1n) is 7.64. The van der Waals surface area contributed by atoms with Gasteiger partial charge >= 0.3 is 5.97 Å². The zero-order chi connectivity index (χ0) is 16.3. The number of ketones is 1. The van der Waals surface area contributed by atoms with Crippen molar-refractivity contribution >= 4 is 11.8 Å². The van der Waals surface area contributed by atoms with Crippen LogP contribution in [0, 0.1) is 0 Å². The molecule has 0 spiro atoms. The molecule has 0 unspecified atom stereocenters. The molecule has 1 fully saturated rings. The summed E-state index contributed by atoms with van der Waals surface area (Å²) in [6.07, 6.45) is 1.14. The lowest BCUT2D eigenvalue weighted by molar-refractivity contribution is -0.172. The van der Waals surface area contributed by atoms with Gasteiger partial charge in [0.05, 0.1) is 6.42 Å². The predicted molar refractivity (Wildman–Crippen MR) is 84.9 cm³/mol. The summed E-state index contributed by atoms with van der Waals surface area (Å²) in [6, 6.07) is 16.4. The van der Waals surface area contributed by atoms with E-state index in [2.05, 4.69) is 0 Å². The highest BCUT2D eigenvalue weighted by molar-refractivity contribution is 5.98. The number of esters is 1. The molecule has 2 aromatic rings. The van der Waals surface area contributed by atoms with E-state index in [1.165, 1.54) is 0 Å². The third-order valence-electron chi connectivity index (χ3n) is 4.16. The maximum Gasteiger partial charge on any atom is 0.314 e. The lowest BCUT2D eigenvalue weighted by Crippen LogP contribution is -2.40. The molecular formula is C19H18O4. The number of carbonyl (C=O) groups is 2. The Bertz CT molecular complexity index is 705. The van der Waals surface area contributed by atoms with E-state index in [-0.39, 0.29) is 24.4 Å². The largest absolute Gasteiger partial charge is 0.508 e. The van der Waals surface area contributed by atoms with Crippen LogP contribution < -0.4 is 0 Å². The Kier molecular flexibility index (Phi) is 4.15. The fraction of sp³-hybridized carbons (Fsp3) is 0.263. The zero-order valence-corrected chi connectivity index (χ0v) is 12.7. The fourth-order valence-electron chi connectivity index (χ4n) is 3.08. The number of carbonyl (C=O) groups excluding carboxylic acids is 2. The number of hydrogen-bond acceptors (Lipinski definition) is 4. The summed E-state index contributed by atoms with van der Waals surface area (Å²) >= 11 is 0. The molecule has 4 heteroatoms. The molecule has 1 heterocycles. The average molecular weight is 310 g/mol. The molecule has 1 N–H and O–H groups in total. The van der Waals surface area contributed by atoms with Crippen LogP contribution in [-0.2, 0) is 26.3 Å². The van der Waals surface area contributed by atoms with Gasteiger partial charge < -0.3 is 9.84 Å². The Balaban J connectivity index is 1.89. The van der Waals surface area contributed by atoms with E-state index < -0.39 is 11.6 Å². The van der Waals surface area contributed by atoms with Crippen LogP contribution in [0.25, 0.3) is 0 Å². The van der Waals surface area contributed by atoms with Gasteiger partial charge in [0.25, 0.3) is 0 Å². The van der Waals surface area contributed by atoms with Crippen molar-refractivity contribution in [1.82, 2.24) is 0 Å². The van der Waals surface area contributed by atoms with Gasteiger partial charge in [-0.1, -0.05) is 42.5 Å². The molecular weight excluding hydrogens is 292 g/mol. The molecule has 23 heavy (non-hydrogen) atoms. The molecule has 0 amide bonds. The van der Waals surface area contributed by atoms with E-state index in [0.29, 0.717) is 12.8 Å². The van der Waals surface area contributed by atoms with Crippen LogP contribution in [0.1, 0.15) is 30.4 Å². The molecule has 0 saturated carbocycles. The van der Waals surface area contributed by atoms with Gasteiger partial charge in [-0.15, -0.1) is 0 Å². The normalized spacial score (nSPS) is 21.0. The molecule has 0 bridgehead atoms. The number of Topliss-reactive ketones (excluding diaryl/α,β-unsaturated/α-hetero) is 1. The third-order valence-corrected chi connectivity index (χ3v) is 4.16. The first-order chi connectivity index (χ1) is 11.1. The second kappa shape index (κ2) is 6.24. The second-order valence-corrected chi connectivity index (χ2v) is 5.90. The van der Waals surface area contributed by atoms with Crippen LogP contribution in [0.3, 0.4) is 0 Å². The molecule has 2 aromatic carbocycles. The van der Waals surface area contributed by atoms with Crippen molar-refractivity contribution in [3.05, 3.63) is 65.7 Å². The van der Waals surface area contributed by atoms with Gasteiger partial charge in [0, 0.05) is 0 Å². The minimum atomic E-state index is -0.918. The lowest BCUT2D eigenvalue weighted by atomic mass is 9.81. The minimum absolute atomic E-state index is 0.0963. The molecule has 118 valence electrons. The summed E-state index contributed by atoms with van der Waals surface area (Å²) in [4.78, 5) is 23.8. The topological polar surface area (TPSA) is 63.6 Å². The van der Waals surface area contributed by atoms with E-state index in [9.17, 15) is 14.7 Å². The van der Waals surface area contributed by atoms with Crippen LogP contribution in [0.4, 0.5) is 0 Å². The number of aryl methyl sites for hydroxylation is 1. The molecule has 1 atom stereocenters. The monoisotopic (exact) mass is 310 g/mol. The van der Waals surface area contributed by atoms with Crippen molar-refractivity contribution in [2.45, 2.75) is 31.3 Å². The highest BCUT2D eigenvalue weighted by Crippen LogP contribution is 2.38. The first kappa shape index (κ1) is 15.3. The number of phenolic OH excluding ortho intramolecular Hbond substituents is 1. The summed E-state index contributed by atoms with van der Waals surface area (Å²) in [5.74, 6) is -0.366. The molecule has 1 aliphatic heterocycles. The van der Waals surface area contributed by atoms with Gasteiger partial charge in [-0.2, -0.15) is 0 Å². The Morgan fingerprint density at radius 1 is 1.04 bits per heavy atom. The predicted octanol–water partition coefficient (Wildman–Crippen LogP) is 3.13. The van der Waals surface area contributed by atoms with Gasteiger partial charge in [-0.25, -0.2) is 0 Å². The van der Waals surface area contributed by atoms with Gasteiger partial charge in [0.2, 0.25) is 0 Å². The molecule has 1 aliphatic rings. The lowest BCUT2D eigenvalue weighted by Gasteiger charge is -2.36. The van der Waals surface area contributed by atoms with E-state index in [1.54, 1.807) is 18.2 Å². The molecule has 0 aliphatic carbocycles. The van der Waals surface area contributed by atoms with Crippen molar-refractivity contribution in [3.63, 3.8) is 0 Å². The Labute approximate surface area is 134 Å². The van der Waals surface area contributed by atoms with Gasteiger partial charge in [-0.3, -0.25) is 9.59 Å². The van der Waals surface area contributed by atoms with Gasteiger partial charge in [0.15, 0.2) is 0 Å². The fourth-order valence-corrected chi connectivity index (χ4v) is 3.08. The maximum absolute atomic E-state index is 12.0. The molecule has 0 aromatic heterocycles. The molecule has 4 nitrogen and oxygen atoms in total. The summed E-state index contributed by atoms with van der Waals surface area (Å²) in [6.45, 7) is 0. The minimum Gasteiger partial charge on any atom is -0.508 e. The van der Waals surface area contributed by atoms with E-state index in [1.807, 2.05) is 36.4 Å². The second-order valence-electron chi connectivity index (χ2n) is 5.90. The standard InChI is InChI=1S/C19H18O4/c20-16-8-4-5-14(11-16)9-10-19(15-6-2-1-3-7-15)13-17(21)12-18(22)23-19/h1-8,11,20H,9-10,12-13H2/t19-/m0/s1. The average Bonchev–Trinajstić information content (AvgIpc) is 2.53. The number of rotatable bonds is 4. The Morgan fingerprint density at radius 2 is 1.83 bits per heavy atom. The smallest absolute Gasteiger partial charge is 0.314 e. The van der Waals surface area contributed by atoms with E-state index in [0.717, 1.165) is 11.1 Å². The SMILES string of the molecule is O=C1CC(=O)O[C@](CCc2cccc(O)c2)(c2ccccc2)C1. The number of ether oxygens (including phenoxy) is 1. The summed E-state index contributed by atoms with van der Waals surface area (Å²) in [5, 5.41) is 9.58. The number of aromatic hydroxyl groups is 1. The first-order valence-corrected chi connectivity index (χ1v) is 7.64. The summed E-state index contributed by atoms with van der Waals surface area (Å²) < 4.78 is 5.66. The van der Waals surface area contributed by atoms with E-state index in [4.69, 9.17) is 4.74 Å². The van der Waals surface area contributed by atoms with Crippen LogP contribution in [0.5, 0.6) is 5.75 Å². The third kappa shape index (κ3) is 3.42. The molecule has 0 radical (unpaired) electrons. The molecule has 3 rings (SSSR count). The van der Waals surface area contributed by atoms with Gasteiger partial charge in [0.1, 0.15) is 23.6 Å². The Hall–Kier alpha value is -2.62. The maximum atomic E-state index is 12.0. The highest BCUT2D eigenvalue weighted by Gasteiger charge is 2.42. The van der Waals surface area contributed by atoms with Crippen molar-refractivity contribution in [2.24, 2.45) is 0 Å². The Morgan fingerprint density at radius 3 is 2.52 bits per heavy atom. The zero-order valence-electron chi connectivity index (χ0n) is 12.7. The molecule has 1 saturated heterocycles. The summed E-state index contributed by atoms with van der Waals surface area (Å²) in [7, 11) is 0. The van der Waals surface area contributed by atoms with Crippen LogP contribution in [-0.4, -0.2) is 16.9 Å². The van der Waals surface area contributed by atoms with Crippen molar-refractivity contribution in [1.29, 1.82) is 0 Å². The number of phenols is 1. The van der Waals surface area contributed by atoms with Crippen LogP contribution >= 0.6 is 0 Å². The highest BCUT2D eigenvalue weighted by atomic mass is 16.6. The van der Waals surface area contributed by atoms with Crippen LogP contribution in [0.15, 0.2) is 54.6 Å². The number of benzene rings is 2. The van der Waals surface area contributed by atoms with E-state index >= 15 is 0 Å². The van der Waals surface area contributed by atoms with Crippen molar-refractivity contribution < 1.29 is 19.4 Å². The summed E-state index contributed by atoms with van der Waals surface area (Å²) in [5.41, 5.74) is 0.856. The number of cyclic esters (lactones) is 1. The van der Waals surface area contributed by atoms with Crippen LogP contribution in [0.2, 0.25) is 0 Å². The quantitative estimate of drug-likeness (QED) is 0.696. The van der Waals surface area contributed by atoms with Gasteiger partial charge in [-0.05, 0) is 36.1 Å².